The topological polar surface area (TPSA) is 55.8 Å². The lowest BCUT2D eigenvalue weighted by molar-refractivity contribution is -0.123. The quantitative estimate of drug-likeness (QED) is 0.782. The molecule has 2 N–H and O–H groups in total. The maximum atomic E-state index is 12.3. The van der Waals surface area contributed by atoms with E-state index in [0.29, 0.717) is 12.3 Å². The summed E-state index contributed by atoms with van der Waals surface area (Å²) >= 11 is 0. The van der Waals surface area contributed by atoms with Crippen LogP contribution in [-0.2, 0) is 4.79 Å². The molecule has 5 heteroatoms. The number of phenols is 1. The van der Waals surface area contributed by atoms with E-state index in [1.165, 1.54) is 0 Å². The van der Waals surface area contributed by atoms with E-state index in [-0.39, 0.29) is 5.91 Å². The number of para-hydroxylation sites is 2. The van der Waals surface area contributed by atoms with Gasteiger partial charge < -0.3 is 15.3 Å². The number of nitrogens with one attached hydrogen (secondary N) is 1. The SMILES string of the molecule is C#CC(CC)(CC)NC(=O)CN1CCN(c2ccccc2O)CC1. The molecule has 1 fully saturated rings. The molecule has 1 aliphatic rings. The molecule has 0 aromatic heterocycles. The zero-order chi connectivity index (χ0) is 17.6. The fraction of sp³-hybridized carbons (Fsp3) is 0.526. The number of carbonyl (C=O) groups excluding carboxylic acids is 1. The summed E-state index contributed by atoms with van der Waals surface area (Å²) < 4.78 is 0. The Morgan fingerprint density at radius 2 is 1.88 bits per heavy atom. The summed E-state index contributed by atoms with van der Waals surface area (Å²) in [6, 6.07) is 7.36. The Hall–Kier alpha value is -2.19. The van der Waals surface area contributed by atoms with Crippen molar-refractivity contribution in [3.05, 3.63) is 24.3 Å². The third-order valence-corrected chi connectivity index (χ3v) is 4.82. The van der Waals surface area contributed by atoms with Gasteiger partial charge in [-0.15, -0.1) is 6.42 Å². The van der Waals surface area contributed by atoms with Crippen molar-refractivity contribution in [1.29, 1.82) is 0 Å². The van der Waals surface area contributed by atoms with Crippen LogP contribution in [0.25, 0.3) is 0 Å². The average molecular weight is 329 g/mol. The monoisotopic (exact) mass is 329 g/mol. The number of aromatic hydroxyl groups is 1. The van der Waals surface area contributed by atoms with Crippen molar-refractivity contribution in [3.63, 3.8) is 0 Å². The minimum absolute atomic E-state index is 0.0207. The molecular weight excluding hydrogens is 302 g/mol. The molecule has 1 aromatic rings. The van der Waals surface area contributed by atoms with Gasteiger partial charge in [-0.3, -0.25) is 9.69 Å². The third kappa shape index (κ3) is 4.21. The van der Waals surface area contributed by atoms with Gasteiger partial charge in [-0.05, 0) is 25.0 Å². The molecule has 0 aliphatic carbocycles. The van der Waals surface area contributed by atoms with Crippen LogP contribution in [0.3, 0.4) is 0 Å². The summed E-state index contributed by atoms with van der Waals surface area (Å²) in [6.07, 6.45) is 7.06. The van der Waals surface area contributed by atoms with E-state index < -0.39 is 5.54 Å². The number of benzene rings is 1. The molecular formula is C19H27N3O2. The minimum atomic E-state index is -0.533. The Bertz CT molecular complexity index is 597. The molecule has 2 rings (SSSR count). The predicted octanol–water partition coefficient (Wildman–Crippen LogP) is 1.82. The molecule has 0 saturated carbocycles. The maximum Gasteiger partial charge on any atom is 0.235 e. The molecule has 0 unspecified atom stereocenters. The molecule has 1 heterocycles. The van der Waals surface area contributed by atoms with Crippen LogP contribution in [0.15, 0.2) is 24.3 Å². The van der Waals surface area contributed by atoms with Crippen molar-refractivity contribution in [2.75, 3.05) is 37.6 Å². The predicted molar refractivity (Wildman–Crippen MR) is 97.0 cm³/mol. The first-order chi connectivity index (χ1) is 11.5. The summed E-state index contributed by atoms with van der Waals surface area (Å²) in [5.74, 6) is 3.01. The number of terminal acetylenes is 1. The number of rotatable bonds is 6. The fourth-order valence-electron chi connectivity index (χ4n) is 3.05. The first-order valence-corrected chi connectivity index (χ1v) is 8.57. The summed E-state index contributed by atoms with van der Waals surface area (Å²) in [5.41, 5.74) is 0.319. The highest BCUT2D eigenvalue weighted by molar-refractivity contribution is 5.79. The summed E-state index contributed by atoms with van der Waals surface area (Å²) in [5, 5.41) is 13.0. The van der Waals surface area contributed by atoms with Gasteiger partial charge in [-0.2, -0.15) is 0 Å². The van der Waals surface area contributed by atoms with Crippen molar-refractivity contribution in [2.24, 2.45) is 0 Å². The summed E-state index contributed by atoms with van der Waals surface area (Å²) in [4.78, 5) is 16.6. The number of piperazine rings is 1. The van der Waals surface area contributed by atoms with Gasteiger partial charge in [-0.1, -0.05) is 31.9 Å². The van der Waals surface area contributed by atoms with Crippen LogP contribution >= 0.6 is 0 Å². The Labute approximate surface area is 144 Å². The van der Waals surface area contributed by atoms with Gasteiger partial charge >= 0.3 is 0 Å². The lowest BCUT2D eigenvalue weighted by atomic mass is 9.94. The van der Waals surface area contributed by atoms with Crippen molar-refractivity contribution in [3.8, 4) is 18.1 Å². The lowest BCUT2D eigenvalue weighted by Crippen LogP contribution is -2.53. The number of carbonyl (C=O) groups is 1. The van der Waals surface area contributed by atoms with Gasteiger partial charge in [0.15, 0.2) is 0 Å². The van der Waals surface area contributed by atoms with E-state index >= 15 is 0 Å². The van der Waals surface area contributed by atoms with Gasteiger partial charge in [0.25, 0.3) is 0 Å². The van der Waals surface area contributed by atoms with Crippen LogP contribution < -0.4 is 10.2 Å². The molecule has 1 aliphatic heterocycles. The Morgan fingerprint density at radius 3 is 2.42 bits per heavy atom. The molecule has 0 atom stereocenters. The van der Waals surface area contributed by atoms with Crippen molar-refractivity contribution in [2.45, 2.75) is 32.2 Å². The zero-order valence-electron chi connectivity index (χ0n) is 14.6. The number of nitrogens with zero attached hydrogens (tertiary/aromatic N) is 2. The number of amides is 1. The highest BCUT2D eigenvalue weighted by Gasteiger charge is 2.27. The van der Waals surface area contributed by atoms with Gasteiger partial charge in [0.1, 0.15) is 11.3 Å². The number of hydrogen-bond donors (Lipinski definition) is 2. The second kappa shape index (κ2) is 8.07. The molecule has 1 saturated heterocycles. The van der Waals surface area contributed by atoms with E-state index in [9.17, 15) is 9.90 Å². The Morgan fingerprint density at radius 1 is 1.25 bits per heavy atom. The number of phenolic OH excluding ortho intramolecular Hbond substituents is 1. The van der Waals surface area contributed by atoms with Crippen molar-refractivity contribution in [1.82, 2.24) is 10.2 Å². The van der Waals surface area contributed by atoms with E-state index in [4.69, 9.17) is 6.42 Å². The Balaban J connectivity index is 1.86. The largest absolute Gasteiger partial charge is 0.506 e. The van der Waals surface area contributed by atoms with Gasteiger partial charge in [0.05, 0.1) is 12.2 Å². The van der Waals surface area contributed by atoms with Gasteiger partial charge in [0.2, 0.25) is 5.91 Å². The Kier molecular flexibility index (Phi) is 6.10. The van der Waals surface area contributed by atoms with Crippen LogP contribution in [0.2, 0.25) is 0 Å². The van der Waals surface area contributed by atoms with Crippen LogP contribution in [-0.4, -0.2) is 54.2 Å². The van der Waals surface area contributed by atoms with Crippen LogP contribution in [0, 0.1) is 12.3 Å². The third-order valence-electron chi connectivity index (χ3n) is 4.82. The highest BCUT2D eigenvalue weighted by atomic mass is 16.3. The molecule has 0 radical (unpaired) electrons. The number of hydrogen-bond acceptors (Lipinski definition) is 4. The van der Waals surface area contributed by atoms with E-state index in [0.717, 1.165) is 44.7 Å². The average Bonchev–Trinajstić information content (AvgIpc) is 2.61. The number of anilines is 1. The smallest absolute Gasteiger partial charge is 0.235 e. The van der Waals surface area contributed by atoms with Gasteiger partial charge in [0, 0.05) is 26.2 Å². The fourth-order valence-corrected chi connectivity index (χ4v) is 3.05. The molecule has 130 valence electrons. The summed E-state index contributed by atoms with van der Waals surface area (Å²) in [7, 11) is 0. The molecule has 24 heavy (non-hydrogen) atoms. The minimum Gasteiger partial charge on any atom is -0.506 e. The van der Waals surface area contributed by atoms with E-state index in [2.05, 4.69) is 21.0 Å². The molecule has 5 nitrogen and oxygen atoms in total. The molecule has 1 aromatic carbocycles. The summed E-state index contributed by atoms with van der Waals surface area (Å²) in [6.45, 7) is 7.48. The first kappa shape index (κ1) is 18.2. The van der Waals surface area contributed by atoms with Crippen LogP contribution in [0.1, 0.15) is 26.7 Å². The van der Waals surface area contributed by atoms with Crippen molar-refractivity contribution < 1.29 is 9.90 Å². The second-order valence-electron chi connectivity index (χ2n) is 6.23. The molecule has 0 bridgehead atoms. The van der Waals surface area contributed by atoms with E-state index in [1.807, 2.05) is 32.0 Å². The lowest BCUT2D eigenvalue weighted by Gasteiger charge is -2.36. The first-order valence-electron chi connectivity index (χ1n) is 8.57. The molecule has 0 spiro atoms. The highest BCUT2D eigenvalue weighted by Crippen LogP contribution is 2.27. The second-order valence-corrected chi connectivity index (χ2v) is 6.23. The molecule has 1 amide bonds. The van der Waals surface area contributed by atoms with E-state index in [1.54, 1.807) is 6.07 Å². The van der Waals surface area contributed by atoms with Crippen LogP contribution in [0.4, 0.5) is 5.69 Å². The van der Waals surface area contributed by atoms with Crippen LogP contribution in [0.5, 0.6) is 5.75 Å². The van der Waals surface area contributed by atoms with Crippen molar-refractivity contribution >= 4 is 11.6 Å². The van der Waals surface area contributed by atoms with Gasteiger partial charge in [-0.25, -0.2) is 0 Å². The zero-order valence-corrected chi connectivity index (χ0v) is 14.6. The normalized spacial score (nSPS) is 15.8. The standard InChI is InChI=1S/C19H27N3O2/c1-4-19(5-2,6-3)20-18(24)15-21-11-13-22(14-12-21)16-9-7-8-10-17(16)23/h1,7-10,23H,5-6,11-15H2,2-3H3,(H,20,24). The maximum absolute atomic E-state index is 12.3.